The van der Waals surface area contributed by atoms with Crippen molar-refractivity contribution in [1.82, 2.24) is 14.8 Å². The number of hydrogen-bond donors (Lipinski definition) is 1. The highest BCUT2D eigenvalue weighted by molar-refractivity contribution is 5.96. The molecule has 2 heterocycles. The van der Waals surface area contributed by atoms with Gasteiger partial charge in [-0.2, -0.15) is 5.10 Å². The number of anilines is 1. The molecule has 2 aromatic heterocycles. The maximum Gasteiger partial charge on any atom is 0.265 e. The normalized spacial score (nSPS) is 12.2. The van der Waals surface area contributed by atoms with Gasteiger partial charge in [0.2, 0.25) is 0 Å². The number of ether oxygens (including phenoxy) is 1. The van der Waals surface area contributed by atoms with E-state index in [1.54, 1.807) is 13.1 Å². The molecule has 6 heteroatoms. The van der Waals surface area contributed by atoms with Gasteiger partial charge in [-0.05, 0) is 55.7 Å². The number of amides is 1. The second-order valence-electron chi connectivity index (χ2n) is 7.90. The van der Waals surface area contributed by atoms with Crippen LogP contribution >= 0.6 is 0 Å². The number of nitrogens with zero attached hydrogens (tertiary/aromatic N) is 3. The summed E-state index contributed by atoms with van der Waals surface area (Å²) in [7, 11) is 0. The Balaban J connectivity index is 1.49. The van der Waals surface area contributed by atoms with Crippen molar-refractivity contribution < 1.29 is 9.53 Å². The van der Waals surface area contributed by atoms with Gasteiger partial charge in [0.1, 0.15) is 5.75 Å². The van der Waals surface area contributed by atoms with Crippen LogP contribution in [-0.4, -0.2) is 26.8 Å². The number of aryl methyl sites for hydroxylation is 1. The lowest BCUT2D eigenvalue weighted by Gasteiger charge is -2.15. The van der Waals surface area contributed by atoms with Crippen LogP contribution in [0.1, 0.15) is 37.9 Å². The van der Waals surface area contributed by atoms with Crippen molar-refractivity contribution in [2.75, 3.05) is 5.32 Å². The molecule has 158 valence electrons. The van der Waals surface area contributed by atoms with E-state index in [-0.39, 0.29) is 5.91 Å². The number of rotatable bonds is 6. The molecule has 1 unspecified atom stereocenters. The number of carbonyl (C=O) groups is 1. The smallest absolute Gasteiger partial charge is 0.265 e. The second-order valence-corrected chi connectivity index (χ2v) is 7.90. The van der Waals surface area contributed by atoms with Gasteiger partial charge in [0, 0.05) is 5.39 Å². The van der Waals surface area contributed by atoms with E-state index in [0.717, 1.165) is 22.4 Å². The van der Waals surface area contributed by atoms with E-state index in [1.165, 1.54) is 5.56 Å². The van der Waals surface area contributed by atoms with E-state index in [0.29, 0.717) is 17.4 Å². The molecule has 0 radical (unpaired) electrons. The van der Waals surface area contributed by atoms with Gasteiger partial charge in [-0.25, -0.2) is 9.67 Å². The highest BCUT2D eigenvalue weighted by Gasteiger charge is 2.17. The molecular formula is C25H26N4O2. The lowest BCUT2D eigenvalue weighted by atomic mass is 10.0. The van der Waals surface area contributed by atoms with Crippen LogP contribution in [0.5, 0.6) is 5.75 Å². The Morgan fingerprint density at radius 3 is 2.42 bits per heavy atom. The summed E-state index contributed by atoms with van der Waals surface area (Å²) in [6.45, 7) is 7.95. The summed E-state index contributed by atoms with van der Waals surface area (Å²) in [4.78, 5) is 17.2. The van der Waals surface area contributed by atoms with Crippen LogP contribution < -0.4 is 10.1 Å². The molecule has 0 spiro atoms. The fourth-order valence-electron chi connectivity index (χ4n) is 3.39. The molecule has 0 aliphatic heterocycles. The number of pyridine rings is 1. The lowest BCUT2D eigenvalue weighted by molar-refractivity contribution is -0.122. The van der Waals surface area contributed by atoms with Crippen LogP contribution in [0, 0.1) is 6.92 Å². The minimum Gasteiger partial charge on any atom is -0.481 e. The molecule has 2 aromatic carbocycles. The van der Waals surface area contributed by atoms with Crippen LogP contribution in [0.2, 0.25) is 0 Å². The third-order valence-corrected chi connectivity index (χ3v) is 5.20. The fourth-order valence-corrected chi connectivity index (χ4v) is 3.39. The number of benzene rings is 2. The first kappa shape index (κ1) is 20.6. The van der Waals surface area contributed by atoms with Crippen molar-refractivity contribution in [3.8, 4) is 11.4 Å². The summed E-state index contributed by atoms with van der Waals surface area (Å²) in [5.74, 6) is 0.884. The lowest BCUT2D eigenvalue weighted by Crippen LogP contribution is -2.30. The molecule has 0 aliphatic rings. The van der Waals surface area contributed by atoms with Gasteiger partial charge >= 0.3 is 0 Å². The maximum atomic E-state index is 12.7. The van der Waals surface area contributed by atoms with Gasteiger partial charge in [0.25, 0.3) is 5.91 Å². The average Bonchev–Trinajstić information content (AvgIpc) is 3.10. The number of fused-ring (bicyclic) bond motifs is 1. The van der Waals surface area contributed by atoms with Gasteiger partial charge in [-0.1, -0.05) is 44.2 Å². The quantitative estimate of drug-likeness (QED) is 0.467. The number of hydrogen-bond acceptors (Lipinski definition) is 4. The van der Waals surface area contributed by atoms with Crippen molar-refractivity contribution in [3.63, 3.8) is 0 Å². The Morgan fingerprint density at radius 1 is 1.03 bits per heavy atom. The molecule has 31 heavy (non-hydrogen) atoms. The minimum absolute atomic E-state index is 0.234. The van der Waals surface area contributed by atoms with E-state index >= 15 is 0 Å². The molecule has 0 saturated carbocycles. The number of nitrogens with one attached hydrogen (secondary N) is 1. The van der Waals surface area contributed by atoms with Crippen LogP contribution in [0.3, 0.4) is 0 Å². The summed E-state index contributed by atoms with van der Waals surface area (Å²) in [6, 6.07) is 19.6. The van der Waals surface area contributed by atoms with Crippen LogP contribution in [0.25, 0.3) is 16.7 Å². The van der Waals surface area contributed by atoms with Crippen LogP contribution in [0.15, 0.2) is 66.9 Å². The van der Waals surface area contributed by atoms with Crippen molar-refractivity contribution >= 4 is 22.6 Å². The van der Waals surface area contributed by atoms with Gasteiger partial charge < -0.3 is 10.1 Å². The van der Waals surface area contributed by atoms with Crippen molar-refractivity contribution in [1.29, 1.82) is 0 Å². The number of carbonyl (C=O) groups excluding carboxylic acids is 1. The molecule has 6 nitrogen and oxygen atoms in total. The summed E-state index contributed by atoms with van der Waals surface area (Å²) in [5.41, 5.74) is 4.37. The van der Waals surface area contributed by atoms with Gasteiger partial charge in [0.15, 0.2) is 11.8 Å². The monoisotopic (exact) mass is 414 g/mol. The maximum absolute atomic E-state index is 12.7. The Labute approximate surface area is 181 Å². The molecular weight excluding hydrogens is 388 g/mol. The zero-order valence-electron chi connectivity index (χ0n) is 18.2. The predicted octanol–water partition coefficient (Wildman–Crippen LogP) is 5.26. The Hall–Kier alpha value is -3.67. The Bertz CT molecular complexity index is 1200. The summed E-state index contributed by atoms with van der Waals surface area (Å²) in [6.07, 6.45) is 0.999. The predicted molar refractivity (Wildman–Crippen MR) is 123 cm³/mol. The van der Waals surface area contributed by atoms with Crippen molar-refractivity contribution in [2.45, 2.75) is 39.7 Å². The molecule has 0 aliphatic carbocycles. The van der Waals surface area contributed by atoms with E-state index in [2.05, 4.69) is 29.2 Å². The first-order valence-electron chi connectivity index (χ1n) is 10.4. The second kappa shape index (κ2) is 8.60. The summed E-state index contributed by atoms with van der Waals surface area (Å²) >= 11 is 0. The number of para-hydroxylation sites is 1. The molecule has 4 rings (SSSR count). The average molecular weight is 415 g/mol. The zero-order chi connectivity index (χ0) is 22.0. The van der Waals surface area contributed by atoms with E-state index < -0.39 is 6.10 Å². The molecule has 0 bridgehead atoms. The highest BCUT2D eigenvalue weighted by Crippen LogP contribution is 2.23. The summed E-state index contributed by atoms with van der Waals surface area (Å²) in [5, 5.41) is 8.39. The van der Waals surface area contributed by atoms with E-state index in [4.69, 9.17) is 4.74 Å². The zero-order valence-corrected chi connectivity index (χ0v) is 18.2. The topological polar surface area (TPSA) is 69.0 Å². The SMILES string of the molecule is Cc1nn(-c2ccccc2)c2ncc(NC(=O)C(C)Oc3ccc(C(C)C)cc3)cc12. The summed E-state index contributed by atoms with van der Waals surface area (Å²) < 4.78 is 7.62. The van der Waals surface area contributed by atoms with Crippen molar-refractivity contribution in [3.05, 3.63) is 78.1 Å². The van der Waals surface area contributed by atoms with E-state index in [1.807, 2.05) is 72.3 Å². The first-order chi connectivity index (χ1) is 14.9. The highest BCUT2D eigenvalue weighted by atomic mass is 16.5. The molecule has 1 N–H and O–H groups in total. The third-order valence-electron chi connectivity index (χ3n) is 5.20. The van der Waals surface area contributed by atoms with Crippen LogP contribution in [-0.2, 0) is 4.79 Å². The third kappa shape index (κ3) is 4.43. The largest absolute Gasteiger partial charge is 0.481 e. The molecule has 1 amide bonds. The molecule has 0 fully saturated rings. The Morgan fingerprint density at radius 2 is 1.74 bits per heavy atom. The van der Waals surface area contributed by atoms with E-state index in [9.17, 15) is 4.79 Å². The number of aromatic nitrogens is 3. The molecule has 4 aromatic rings. The molecule has 0 saturated heterocycles. The fraction of sp³-hybridized carbons (Fsp3) is 0.240. The van der Waals surface area contributed by atoms with Gasteiger partial charge in [-0.15, -0.1) is 0 Å². The van der Waals surface area contributed by atoms with Crippen LogP contribution in [0.4, 0.5) is 5.69 Å². The molecule has 1 atom stereocenters. The van der Waals surface area contributed by atoms with Gasteiger partial charge in [-0.3, -0.25) is 4.79 Å². The van der Waals surface area contributed by atoms with Gasteiger partial charge in [0.05, 0.1) is 23.3 Å². The Kier molecular flexibility index (Phi) is 5.71. The minimum atomic E-state index is -0.645. The first-order valence-corrected chi connectivity index (χ1v) is 10.4. The van der Waals surface area contributed by atoms with Crippen molar-refractivity contribution in [2.24, 2.45) is 0 Å². The standard InChI is InChI=1S/C25H26N4O2/c1-16(2)19-10-12-22(13-11-19)31-18(4)25(30)27-20-14-23-17(3)28-29(24(23)26-15-20)21-8-6-5-7-9-21/h5-16,18H,1-4H3,(H,27,30).